The highest BCUT2D eigenvalue weighted by Crippen LogP contribution is 2.31. The SMILES string of the molecule is CC[C@H](C)CC(NC(=O)[C@@H]1CCC(=O)N1)N(CC(=O)N[C@@H](CCSC)C(=O)OC)CC1CC1. The molecule has 188 valence electrons. The maximum atomic E-state index is 13.0. The lowest BCUT2D eigenvalue weighted by Crippen LogP contribution is -2.56. The largest absolute Gasteiger partial charge is 0.467 e. The molecule has 2 aliphatic rings. The molecular weight excluding hydrogens is 444 g/mol. The van der Waals surface area contributed by atoms with Gasteiger partial charge in [-0.3, -0.25) is 19.3 Å². The first-order chi connectivity index (χ1) is 15.8. The molecule has 2 rings (SSSR count). The number of thioether (sulfide) groups is 1. The molecule has 1 unspecified atom stereocenters. The van der Waals surface area contributed by atoms with Gasteiger partial charge >= 0.3 is 5.97 Å². The molecule has 0 aromatic carbocycles. The van der Waals surface area contributed by atoms with E-state index in [0.717, 1.165) is 25.0 Å². The Labute approximate surface area is 201 Å². The van der Waals surface area contributed by atoms with Crippen molar-refractivity contribution >= 4 is 35.5 Å². The molecule has 10 heteroatoms. The second-order valence-corrected chi connectivity index (χ2v) is 10.2. The first-order valence-corrected chi connectivity index (χ1v) is 13.4. The lowest BCUT2D eigenvalue weighted by molar-refractivity contribution is -0.145. The number of nitrogens with one attached hydrogen (secondary N) is 3. The summed E-state index contributed by atoms with van der Waals surface area (Å²) in [5.41, 5.74) is 0. The maximum absolute atomic E-state index is 13.0. The average molecular weight is 485 g/mol. The van der Waals surface area contributed by atoms with Crippen molar-refractivity contribution < 1.29 is 23.9 Å². The van der Waals surface area contributed by atoms with Crippen LogP contribution in [0, 0.1) is 11.8 Å². The Morgan fingerprint density at radius 3 is 2.52 bits per heavy atom. The number of carbonyl (C=O) groups excluding carboxylic acids is 4. The summed E-state index contributed by atoms with van der Waals surface area (Å²) in [6.45, 7) is 5.02. The Hall–Kier alpha value is -1.81. The molecule has 1 heterocycles. The van der Waals surface area contributed by atoms with E-state index in [1.165, 1.54) is 7.11 Å². The predicted molar refractivity (Wildman–Crippen MR) is 128 cm³/mol. The maximum Gasteiger partial charge on any atom is 0.328 e. The topological polar surface area (TPSA) is 117 Å². The van der Waals surface area contributed by atoms with Crippen molar-refractivity contribution in [3.63, 3.8) is 0 Å². The van der Waals surface area contributed by atoms with Gasteiger partial charge in [0.1, 0.15) is 12.1 Å². The van der Waals surface area contributed by atoms with Gasteiger partial charge in [0.25, 0.3) is 0 Å². The molecular formula is C23H40N4O5S. The number of esters is 1. The lowest BCUT2D eigenvalue weighted by Gasteiger charge is -2.34. The molecule has 1 saturated heterocycles. The highest BCUT2D eigenvalue weighted by atomic mass is 32.2. The second-order valence-electron chi connectivity index (χ2n) is 9.23. The Kier molecular flexibility index (Phi) is 11.5. The van der Waals surface area contributed by atoms with Gasteiger partial charge in [-0.25, -0.2) is 4.79 Å². The first-order valence-electron chi connectivity index (χ1n) is 12.0. The van der Waals surface area contributed by atoms with Gasteiger partial charge in [0.2, 0.25) is 17.7 Å². The summed E-state index contributed by atoms with van der Waals surface area (Å²) in [6.07, 6.45) is 6.84. The average Bonchev–Trinajstić information content (AvgIpc) is 3.51. The fourth-order valence-electron chi connectivity index (χ4n) is 3.91. The fraction of sp³-hybridized carbons (Fsp3) is 0.826. The monoisotopic (exact) mass is 484 g/mol. The van der Waals surface area contributed by atoms with E-state index >= 15 is 0 Å². The first kappa shape index (κ1) is 27.4. The molecule has 4 atom stereocenters. The molecule has 9 nitrogen and oxygen atoms in total. The van der Waals surface area contributed by atoms with Crippen molar-refractivity contribution in [2.75, 3.05) is 32.2 Å². The third-order valence-corrected chi connectivity index (χ3v) is 7.00. The normalized spacial score (nSPS) is 20.6. The zero-order valence-electron chi connectivity index (χ0n) is 20.4. The highest BCUT2D eigenvalue weighted by molar-refractivity contribution is 7.98. The van der Waals surface area contributed by atoms with Crippen molar-refractivity contribution in [3.8, 4) is 0 Å². The highest BCUT2D eigenvalue weighted by Gasteiger charge is 2.34. The van der Waals surface area contributed by atoms with Crippen LogP contribution < -0.4 is 16.0 Å². The number of methoxy groups -OCH3 is 1. The third kappa shape index (κ3) is 9.52. The van der Waals surface area contributed by atoms with E-state index in [9.17, 15) is 19.2 Å². The summed E-state index contributed by atoms with van der Waals surface area (Å²) in [5.74, 6) is 0.559. The molecule has 3 amide bonds. The number of carbonyl (C=O) groups is 4. The standard InChI is InChI=1S/C23H40N4O5S/c1-5-15(2)12-19(26-22(30)17-8-9-20(28)24-17)27(13-16-6-7-16)14-21(29)25-18(10-11-33-4)23(31)32-3/h15-19H,5-14H2,1-4H3,(H,24,28)(H,25,29)(H,26,30)/t15-,17-,18-,19?/m0/s1. The third-order valence-electron chi connectivity index (χ3n) is 6.35. The lowest BCUT2D eigenvalue weighted by atomic mass is 10.0. The van der Waals surface area contributed by atoms with Crippen LogP contribution in [0.5, 0.6) is 0 Å². The van der Waals surface area contributed by atoms with E-state index in [4.69, 9.17) is 4.74 Å². The summed E-state index contributed by atoms with van der Waals surface area (Å²) in [6, 6.07) is -1.21. The van der Waals surface area contributed by atoms with Crippen LogP contribution in [0.4, 0.5) is 0 Å². The number of hydrogen-bond acceptors (Lipinski definition) is 7. The number of amides is 3. The van der Waals surface area contributed by atoms with Gasteiger partial charge < -0.3 is 20.7 Å². The quantitative estimate of drug-likeness (QED) is 0.237. The molecule has 0 aromatic heterocycles. The van der Waals surface area contributed by atoms with Crippen molar-refractivity contribution in [2.45, 2.75) is 77.0 Å². The minimum Gasteiger partial charge on any atom is -0.467 e. The summed E-state index contributed by atoms with van der Waals surface area (Å²) in [5, 5.41) is 8.65. The summed E-state index contributed by atoms with van der Waals surface area (Å²) >= 11 is 1.60. The molecule has 1 saturated carbocycles. The fourth-order valence-corrected chi connectivity index (χ4v) is 4.38. The number of rotatable bonds is 15. The van der Waals surface area contributed by atoms with Gasteiger partial charge in [-0.05, 0) is 55.9 Å². The molecule has 0 spiro atoms. The predicted octanol–water partition coefficient (Wildman–Crippen LogP) is 1.27. The van der Waals surface area contributed by atoms with Crippen molar-refractivity contribution in [3.05, 3.63) is 0 Å². The Morgan fingerprint density at radius 2 is 1.97 bits per heavy atom. The summed E-state index contributed by atoms with van der Waals surface area (Å²) < 4.78 is 4.85. The minimum absolute atomic E-state index is 0.0850. The van der Waals surface area contributed by atoms with Crippen LogP contribution in [0.3, 0.4) is 0 Å². The number of hydrogen-bond donors (Lipinski definition) is 3. The van der Waals surface area contributed by atoms with E-state index < -0.39 is 18.1 Å². The van der Waals surface area contributed by atoms with Gasteiger partial charge in [-0.15, -0.1) is 0 Å². The van der Waals surface area contributed by atoms with Crippen LogP contribution in [-0.2, 0) is 23.9 Å². The Balaban J connectivity index is 2.10. The molecule has 0 radical (unpaired) electrons. The molecule has 0 aromatic rings. The molecule has 2 fully saturated rings. The summed E-state index contributed by atoms with van der Waals surface area (Å²) in [7, 11) is 1.32. The van der Waals surface area contributed by atoms with Crippen LogP contribution in [-0.4, -0.2) is 79.0 Å². The molecule has 1 aliphatic carbocycles. The molecule has 0 bridgehead atoms. The number of ether oxygens (including phenoxy) is 1. The van der Waals surface area contributed by atoms with E-state index in [2.05, 4.69) is 29.8 Å². The molecule has 3 N–H and O–H groups in total. The van der Waals surface area contributed by atoms with Crippen LogP contribution in [0.1, 0.15) is 58.8 Å². The van der Waals surface area contributed by atoms with Crippen LogP contribution in [0.2, 0.25) is 0 Å². The van der Waals surface area contributed by atoms with Gasteiger partial charge in [0.05, 0.1) is 19.8 Å². The van der Waals surface area contributed by atoms with Gasteiger partial charge in [-0.2, -0.15) is 11.8 Å². The van der Waals surface area contributed by atoms with Gasteiger partial charge in [0, 0.05) is 13.0 Å². The van der Waals surface area contributed by atoms with Crippen molar-refractivity contribution in [2.24, 2.45) is 11.8 Å². The van der Waals surface area contributed by atoms with Gasteiger partial charge in [0.15, 0.2) is 0 Å². The van der Waals surface area contributed by atoms with E-state index in [1.54, 1.807) is 11.8 Å². The van der Waals surface area contributed by atoms with E-state index in [1.807, 2.05) is 11.2 Å². The Morgan fingerprint density at radius 1 is 1.24 bits per heavy atom. The van der Waals surface area contributed by atoms with Crippen LogP contribution in [0.15, 0.2) is 0 Å². The zero-order valence-corrected chi connectivity index (χ0v) is 21.2. The minimum atomic E-state index is -0.686. The molecule has 1 aliphatic heterocycles. The van der Waals surface area contributed by atoms with E-state index in [-0.39, 0.29) is 30.4 Å². The smallest absolute Gasteiger partial charge is 0.328 e. The second kappa shape index (κ2) is 13.8. The van der Waals surface area contributed by atoms with Gasteiger partial charge in [-0.1, -0.05) is 20.3 Å². The van der Waals surface area contributed by atoms with E-state index in [0.29, 0.717) is 44.1 Å². The van der Waals surface area contributed by atoms with Crippen LogP contribution >= 0.6 is 11.8 Å². The van der Waals surface area contributed by atoms with Crippen molar-refractivity contribution in [1.29, 1.82) is 0 Å². The van der Waals surface area contributed by atoms with Crippen molar-refractivity contribution in [1.82, 2.24) is 20.9 Å². The molecule has 33 heavy (non-hydrogen) atoms. The summed E-state index contributed by atoms with van der Waals surface area (Å²) in [4.78, 5) is 51.5. The Bertz CT molecular complexity index is 688. The zero-order chi connectivity index (χ0) is 24.4. The van der Waals surface area contributed by atoms with Crippen LogP contribution in [0.25, 0.3) is 0 Å². The number of nitrogens with zero attached hydrogens (tertiary/aromatic N) is 1.